The highest BCUT2D eigenvalue weighted by Crippen LogP contribution is 2.38. The Kier molecular flexibility index (Phi) is 3.71. The van der Waals surface area contributed by atoms with Crippen molar-refractivity contribution in [1.82, 2.24) is 4.90 Å². The molecule has 1 fully saturated rings. The summed E-state index contributed by atoms with van der Waals surface area (Å²) in [5.74, 6) is 6.50. The quantitative estimate of drug-likeness (QED) is 0.751. The van der Waals surface area contributed by atoms with Crippen LogP contribution in [0.15, 0.2) is 24.3 Å². The first kappa shape index (κ1) is 12.4. The first-order valence-electron chi connectivity index (χ1n) is 6.44. The highest BCUT2D eigenvalue weighted by Gasteiger charge is 2.43. The SMILES string of the molecule is CN(C)C1(C(N)C2C#CC=CC=C2)CCCC1. The van der Waals surface area contributed by atoms with E-state index in [0.717, 1.165) is 0 Å². The molecule has 0 heterocycles. The van der Waals surface area contributed by atoms with E-state index in [1.807, 2.05) is 12.2 Å². The minimum atomic E-state index is 0.101. The van der Waals surface area contributed by atoms with Crippen LogP contribution in [0, 0.1) is 17.8 Å². The zero-order chi connectivity index (χ0) is 12.3. The number of hydrogen-bond donors (Lipinski definition) is 1. The van der Waals surface area contributed by atoms with Crippen LogP contribution in [-0.2, 0) is 0 Å². The second kappa shape index (κ2) is 5.08. The highest BCUT2D eigenvalue weighted by atomic mass is 15.2. The Labute approximate surface area is 105 Å². The van der Waals surface area contributed by atoms with Gasteiger partial charge in [-0.1, -0.05) is 42.9 Å². The third-order valence-electron chi connectivity index (χ3n) is 4.23. The molecule has 2 aliphatic carbocycles. The Balaban J connectivity index is 2.21. The molecule has 0 amide bonds. The van der Waals surface area contributed by atoms with E-state index in [1.54, 1.807) is 0 Å². The zero-order valence-corrected chi connectivity index (χ0v) is 10.8. The van der Waals surface area contributed by atoms with Crippen LogP contribution >= 0.6 is 0 Å². The van der Waals surface area contributed by atoms with Crippen LogP contribution in [0.3, 0.4) is 0 Å². The highest BCUT2D eigenvalue weighted by molar-refractivity contribution is 5.30. The first-order valence-corrected chi connectivity index (χ1v) is 6.44. The van der Waals surface area contributed by atoms with E-state index in [2.05, 4.69) is 43.0 Å². The molecule has 2 rings (SSSR count). The molecule has 2 unspecified atom stereocenters. The van der Waals surface area contributed by atoms with Crippen LogP contribution in [0.5, 0.6) is 0 Å². The van der Waals surface area contributed by atoms with Gasteiger partial charge in [0.25, 0.3) is 0 Å². The van der Waals surface area contributed by atoms with Crippen molar-refractivity contribution < 1.29 is 0 Å². The summed E-state index contributed by atoms with van der Waals surface area (Å²) < 4.78 is 0. The lowest BCUT2D eigenvalue weighted by atomic mass is 9.80. The summed E-state index contributed by atoms with van der Waals surface area (Å²) in [6, 6.07) is 0.101. The molecule has 0 aromatic rings. The van der Waals surface area contributed by atoms with E-state index >= 15 is 0 Å². The lowest BCUT2D eigenvalue weighted by molar-refractivity contribution is 0.113. The van der Waals surface area contributed by atoms with Gasteiger partial charge >= 0.3 is 0 Å². The van der Waals surface area contributed by atoms with E-state index in [-0.39, 0.29) is 17.5 Å². The van der Waals surface area contributed by atoms with Crippen LogP contribution in [0.4, 0.5) is 0 Å². The fourth-order valence-corrected chi connectivity index (χ4v) is 3.09. The van der Waals surface area contributed by atoms with E-state index in [1.165, 1.54) is 25.7 Å². The van der Waals surface area contributed by atoms with Gasteiger partial charge in [-0.05, 0) is 33.0 Å². The molecule has 0 spiro atoms. The topological polar surface area (TPSA) is 29.3 Å². The van der Waals surface area contributed by atoms with Gasteiger partial charge in [0.15, 0.2) is 0 Å². The van der Waals surface area contributed by atoms with Crippen LogP contribution in [0.1, 0.15) is 25.7 Å². The van der Waals surface area contributed by atoms with E-state index in [0.29, 0.717) is 0 Å². The van der Waals surface area contributed by atoms with Gasteiger partial charge in [-0.25, -0.2) is 0 Å². The predicted molar refractivity (Wildman–Crippen MR) is 72.4 cm³/mol. The normalized spacial score (nSPS) is 27.6. The van der Waals surface area contributed by atoms with Crippen molar-refractivity contribution in [3.05, 3.63) is 24.3 Å². The second-order valence-corrected chi connectivity index (χ2v) is 5.29. The van der Waals surface area contributed by atoms with Gasteiger partial charge in [0, 0.05) is 11.6 Å². The molecule has 0 radical (unpaired) electrons. The van der Waals surface area contributed by atoms with Crippen LogP contribution in [-0.4, -0.2) is 30.6 Å². The summed E-state index contributed by atoms with van der Waals surface area (Å²) in [5, 5.41) is 0. The fourth-order valence-electron chi connectivity index (χ4n) is 3.09. The van der Waals surface area contributed by atoms with Gasteiger partial charge in [0.2, 0.25) is 0 Å². The molecule has 0 aromatic carbocycles. The molecule has 0 bridgehead atoms. The van der Waals surface area contributed by atoms with Crippen molar-refractivity contribution in [2.75, 3.05) is 14.1 Å². The molecule has 0 saturated heterocycles. The number of hydrogen-bond acceptors (Lipinski definition) is 2. The average Bonchev–Trinajstić information content (AvgIpc) is 2.66. The predicted octanol–water partition coefficient (Wildman–Crippen LogP) is 1.93. The summed E-state index contributed by atoms with van der Waals surface area (Å²) in [5.41, 5.74) is 6.67. The van der Waals surface area contributed by atoms with Crippen molar-refractivity contribution in [2.24, 2.45) is 11.7 Å². The zero-order valence-electron chi connectivity index (χ0n) is 10.8. The minimum absolute atomic E-state index is 0.101. The third kappa shape index (κ3) is 2.31. The van der Waals surface area contributed by atoms with Gasteiger partial charge < -0.3 is 10.6 Å². The molecule has 92 valence electrons. The standard InChI is InChI=1S/C15H22N2/c1-17(2)15(11-7-8-12-15)14(16)13-9-5-3-4-6-10-13/h3-5,9,13-14H,7-8,11-12,16H2,1-2H3. The molecule has 2 aliphatic rings. The summed E-state index contributed by atoms with van der Waals surface area (Å²) in [6.07, 6.45) is 13.0. The molecule has 0 aromatic heterocycles. The lowest BCUT2D eigenvalue weighted by Gasteiger charge is -2.43. The minimum Gasteiger partial charge on any atom is -0.325 e. The Morgan fingerprint density at radius 1 is 1.29 bits per heavy atom. The summed E-state index contributed by atoms with van der Waals surface area (Å²) in [4.78, 5) is 2.32. The van der Waals surface area contributed by atoms with E-state index < -0.39 is 0 Å². The summed E-state index contributed by atoms with van der Waals surface area (Å²) in [7, 11) is 4.30. The summed E-state index contributed by atoms with van der Waals surface area (Å²) in [6.45, 7) is 0. The lowest BCUT2D eigenvalue weighted by Crippen LogP contribution is -2.58. The number of nitrogens with zero attached hydrogens (tertiary/aromatic N) is 1. The van der Waals surface area contributed by atoms with Crippen molar-refractivity contribution in [2.45, 2.75) is 37.3 Å². The third-order valence-corrected chi connectivity index (χ3v) is 4.23. The van der Waals surface area contributed by atoms with Crippen LogP contribution in [0.25, 0.3) is 0 Å². The average molecular weight is 230 g/mol. The van der Waals surface area contributed by atoms with Crippen molar-refractivity contribution in [3.8, 4) is 11.8 Å². The second-order valence-electron chi connectivity index (χ2n) is 5.29. The number of likely N-dealkylation sites (N-methyl/N-ethyl adjacent to an activating group) is 1. The van der Waals surface area contributed by atoms with E-state index in [9.17, 15) is 0 Å². The largest absolute Gasteiger partial charge is 0.325 e. The molecular weight excluding hydrogens is 208 g/mol. The van der Waals surface area contributed by atoms with Crippen molar-refractivity contribution in [3.63, 3.8) is 0 Å². The molecule has 0 aliphatic heterocycles. The Morgan fingerprint density at radius 3 is 2.65 bits per heavy atom. The first-order chi connectivity index (χ1) is 8.17. The Hall–Kier alpha value is -1.04. The van der Waals surface area contributed by atoms with Gasteiger partial charge in [-0.15, -0.1) is 0 Å². The van der Waals surface area contributed by atoms with Crippen LogP contribution in [0.2, 0.25) is 0 Å². The Morgan fingerprint density at radius 2 is 2.00 bits per heavy atom. The van der Waals surface area contributed by atoms with E-state index in [4.69, 9.17) is 5.73 Å². The smallest absolute Gasteiger partial charge is 0.0558 e. The van der Waals surface area contributed by atoms with Crippen LogP contribution < -0.4 is 5.73 Å². The van der Waals surface area contributed by atoms with Gasteiger partial charge in [-0.3, -0.25) is 0 Å². The molecular formula is C15H22N2. The van der Waals surface area contributed by atoms with Gasteiger partial charge in [0.1, 0.15) is 0 Å². The molecule has 17 heavy (non-hydrogen) atoms. The molecule has 2 nitrogen and oxygen atoms in total. The molecule has 1 saturated carbocycles. The maximum absolute atomic E-state index is 6.54. The summed E-state index contributed by atoms with van der Waals surface area (Å²) >= 11 is 0. The number of rotatable bonds is 3. The Bertz CT molecular complexity index is 375. The monoisotopic (exact) mass is 230 g/mol. The van der Waals surface area contributed by atoms with Gasteiger partial charge in [0.05, 0.1) is 5.92 Å². The fraction of sp³-hybridized carbons (Fsp3) is 0.600. The molecule has 2 heteroatoms. The van der Waals surface area contributed by atoms with Crippen molar-refractivity contribution >= 4 is 0 Å². The number of allylic oxidation sites excluding steroid dienone is 3. The van der Waals surface area contributed by atoms with Crippen molar-refractivity contribution in [1.29, 1.82) is 0 Å². The number of nitrogens with two attached hydrogens (primary N) is 1. The molecule has 2 N–H and O–H groups in total. The maximum Gasteiger partial charge on any atom is 0.0558 e. The van der Waals surface area contributed by atoms with Gasteiger partial charge in [-0.2, -0.15) is 0 Å². The maximum atomic E-state index is 6.54. The molecule has 2 atom stereocenters.